The van der Waals surface area contributed by atoms with Gasteiger partial charge in [-0.2, -0.15) is 0 Å². The normalized spacial score (nSPS) is 26.3. The molecule has 1 N–H and O–H groups in total. The summed E-state index contributed by atoms with van der Waals surface area (Å²) in [6, 6.07) is 2.06. The number of piperidine rings is 1. The van der Waals surface area contributed by atoms with Gasteiger partial charge in [0.2, 0.25) is 0 Å². The third kappa shape index (κ3) is 3.54. The maximum atomic E-state index is 5.36. The van der Waals surface area contributed by atoms with Gasteiger partial charge in [-0.05, 0) is 25.3 Å². The Morgan fingerprint density at radius 2 is 2.12 bits per heavy atom. The fraction of sp³-hybridized carbons (Fsp3) is 0.769. The van der Waals surface area contributed by atoms with E-state index in [0.29, 0.717) is 0 Å². The predicted molar refractivity (Wildman–Crippen MR) is 67.5 cm³/mol. The quantitative estimate of drug-likeness (QED) is 0.868. The molecule has 1 aliphatic heterocycles. The Balaban J connectivity index is 1.90. The van der Waals surface area contributed by atoms with E-state index in [0.717, 1.165) is 36.4 Å². The van der Waals surface area contributed by atoms with E-state index in [1.54, 1.807) is 0 Å². The van der Waals surface area contributed by atoms with Crippen LogP contribution in [0.15, 0.2) is 10.6 Å². The Hall–Kier alpha value is -0.870. The van der Waals surface area contributed by atoms with Gasteiger partial charge in [0.25, 0.3) is 0 Å². The van der Waals surface area contributed by atoms with Crippen molar-refractivity contribution in [3.8, 4) is 0 Å². The zero-order chi connectivity index (χ0) is 12.3. The summed E-state index contributed by atoms with van der Waals surface area (Å²) in [4.78, 5) is 2.47. The van der Waals surface area contributed by atoms with Crippen LogP contribution in [0.2, 0.25) is 0 Å². The van der Waals surface area contributed by atoms with Gasteiger partial charge in [-0.1, -0.05) is 19.0 Å². The molecule has 1 aliphatic rings. The third-order valence-corrected chi connectivity index (χ3v) is 3.29. The molecule has 0 saturated carbocycles. The van der Waals surface area contributed by atoms with Crippen molar-refractivity contribution in [3.63, 3.8) is 0 Å². The van der Waals surface area contributed by atoms with Crippen molar-refractivity contribution in [2.45, 2.75) is 33.4 Å². The van der Waals surface area contributed by atoms with Crippen molar-refractivity contribution in [2.24, 2.45) is 11.8 Å². The molecule has 1 aromatic heterocycles. The van der Waals surface area contributed by atoms with Gasteiger partial charge in [0.05, 0.1) is 12.2 Å². The lowest BCUT2D eigenvalue weighted by Gasteiger charge is -2.34. The summed E-state index contributed by atoms with van der Waals surface area (Å²) >= 11 is 0. The van der Waals surface area contributed by atoms with Crippen molar-refractivity contribution in [1.29, 1.82) is 0 Å². The van der Waals surface area contributed by atoms with Crippen molar-refractivity contribution < 1.29 is 4.52 Å². The van der Waals surface area contributed by atoms with E-state index in [4.69, 9.17) is 4.52 Å². The first kappa shape index (κ1) is 12.6. The molecule has 1 aromatic rings. The van der Waals surface area contributed by atoms with Gasteiger partial charge in [-0.3, -0.25) is 4.90 Å². The van der Waals surface area contributed by atoms with Crippen LogP contribution in [0.3, 0.4) is 0 Å². The smallest absolute Gasteiger partial charge is 0.151 e. The standard InChI is InChI=1S/C13H23N3O/c1-10-4-11(2)8-16(7-10)9-13-5-12(6-14-3)15-17-13/h5,10-11,14H,4,6-9H2,1-3H3. The number of hydrogen-bond donors (Lipinski definition) is 1. The maximum Gasteiger partial charge on any atom is 0.151 e. The first-order valence-corrected chi connectivity index (χ1v) is 6.48. The van der Waals surface area contributed by atoms with Crippen LogP contribution in [-0.4, -0.2) is 30.2 Å². The van der Waals surface area contributed by atoms with E-state index in [2.05, 4.69) is 35.3 Å². The Bertz CT molecular complexity index is 340. The minimum Gasteiger partial charge on any atom is -0.360 e. The van der Waals surface area contributed by atoms with Crippen LogP contribution in [0.4, 0.5) is 0 Å². The topological polar surface area (TPSA) is 41.3 Å². The molecule has 4 nitrogen and oxygen atoms in total. The molecule has 17 heavy (non-hydrogen) atoms. The fourth-order valence-corrected chi connectivity index (χ4v) is 2.84. The van der Waals surface area contributed by atoms with E-state index < -0.39 is 0 Å². The van der Waals surface area contributed by atoms with Crippen LogP contribution < -0.4 is 5.32 Å². The highest BCUT2D eigenvalue weighted by atomic mass is 16.5. The third-order valence-electron chi connectivity index (χ3n) is 3.29. The van der Waals surface area contributed by atoms with Crippen LogP contribution in [0.5, 0.6) is 0 Å². The Labute approximate surface area is 103 Å². The van der Waals surface area contributed by atoms with Crippen LogP contribution in [0, 0.1) is 11.8 Å². The lowest BCUT2D eigenvalue weighted by atomic mass is 9.92. The highest BCUT2D eigenvalue weighted by Gasteiger charge is 2.22. The first-order chi connectivity index (χ1) is 8.17. The molecule has 0 bridgehead atoms. The molecule has 1 saturated heterocycles. The molecule has 2 atom stereocenters. The van der Waals surface area contributed by atoms with Crippen molar-refractivity contribution >= 4 is 0 Å². The van der Waals surface area contributed by atoms with E-state index >= 15 is 0 Å². The lowest BCUT2D eigenvalue weighted by Crippen LogP contribution is -2.37. The molecule has 2 rings (SSSR count). The molecule has 0 radical (unpaired) electrons. The Morgan fingerprint density at radius 1 is 1.41 bits per heavy atom. The molecule has 0 aromatic carbocycles. The minimum atomic E-state index is 0.774. The molecule has 96 valence electrons. The summed E-state index contributed by atoms with van der Waals surface area (Å²) in [6.45, 7) is 8.67. The second-order valence-corrected chi connectivity index (χ2v) is 5.46. The molecular formula is C13H23N3O. The second-order valence-electron chi connectivity index (χ2n) is 5.46. The van der Waals surface area contributed by atoms with Crippen LogP contribution >= 0.6 is 0 Å². The number of nitrogens with one attached hydrogen (secondary N) is 1. The summed E-state index contributed by atoms with van der Waals surface area (Å²) in [5, 5.41) is 7.12. The highest BCUT2D eigenvalue weighted by Crippen LogP contribution is 2.22. The van der Waals surface area contributed by atoms with Crippen LogP contribution in [0.1, 0.15) is 31.7 Å². The predicted octanol–water partition coefficient (Wildman–Crippen LogP) is 1.87. The van der Waals surface area contributed by atoms with Gasteiger partial charge in [0.15, 0.2) is 5.76 Å². The van der Waals surface area contributed by atoms with Gasteiger partial charge in [-0.15, -0.1) is 0 Å². The molecule has 1 fully saturated rings. The van der Waals surface area contributed by atoms with Crippen LogP contribution in [0.25, 0.3) is 0 Å². The summed E-state index contributed by atoms with van der Waals surface area (Å²) in [5.74, 6) is 2.56. The number of hydrogen-bond acceptors (Lipinski definition) is 4. The van der Waals surface area contributed by atoms with Gasteiger partial charge >= 0.3 is 0 Å². The SMILES string of the molecule is CNCc1cc(CN2CC(C)CC(C)C2)on1. The van der Waals surface area contributed by atoms with Gasteiger partial charge in [0, 0.05) is 25.7 Å². The second kappa shape index (κ2) is 5.65. The van der Waals surface area contributed by atoms with E-state index in [1.165, 1.54) is 19.5 Å². The molecule has 0 spiro atoms. The summed E-state index contributed by atoms with van der Waals surface area (Å²) in [7, 11) is 1.92. The molecule has 0 aliphatic carbocycles. The average Bonchev–Trinajstić information content (AvgIpc) is 2.64. The van der Waals surface area contributed by atoms with Crippen molar-refractivity contribution in [2.75, 3.05) is 20.1 Å². The van der Waals surface area contributed by atoms with Crippen molar-refractivity contribution in [3.05, 3.63) is 17.5 Å². The Kier molecular flexibility index (Phi) is 4.18. The maximum absolute atomic E-state index is 5.36. The number of rotatable bonds is 4. The molecule has 2 heterocycles. The summed E-state index contributed by atoms with van der Waals surface area (Å²) in [6.07, 6.45) is 1.35. The van der Waals surface area contributed by atoms with Crippen LogP contribution in [-0.2, 0) is 13.1 Å². The van der Waals surface area contributed by atoms with Gasteiger partial charge in [0.1, 0.15) is 0 Å². The fourth-order valence-electron chi connectivity index (χ4n) is 2.84. The molecule has 4 heteroatoms. The number of likely N-dealkylation sites (tertiary alicyclic amines) is 1. The number of aromatic nitrogens is 1. The van der Waals surface area contributed by atoms with E-state index in [-0.39, 0.29) is 0 Å². The van der Waals surface area contributed by atoms with Gasteiger partial charge < -0.3 is 9.84 Å². The molecule has 2 unspecified atom stereocenters. The van der Waals surface area contributed by atoms with E-state index in [9.17, 15) is 0 Å². The Morgan fingerprint density at radius 3 is 2.76 bits per heavy atom. The van der Waals surface area contributed by atoms with E-state index in [1.807, 2.05) is 7.05 Å². The zero-order valence-corrected chi connectivity index (χ0v) is 11.1. The first-order valence-electron chi connectivity index (χ1n) is 6.48. The average molecular weight is 237 g/mol. The minimum absolute atomic E-state index is 0.774. The zero-order valence-electron chi connectivity index (χ0n) is 11.1. The van der Waals surface area contributed by atoms with Crippen molar-refractivity contribution in [1.82, 2.24) is 15.4 Å². The summed E-state index contributed by atoms with van der Waals surface area (Å²) < 4.78 is 5.36. The highest BCUT2D eigenvalue weighted by molar-refractivity contribution is 5.05. The molecule has 0 amide bonds. The summed E-state index contributed by atoms with van der Waals surface area (Å²) in [5.41, 5.74) is 0.987. The molecular weight excluding hydrogens is 214 g/mol. The monoisotopic (exact) mass is 237 g/mol. The van der Waals surface area contributed by atoms with Gasteiger partial charge in [-0.25, -0.2) is 0 Å². The lowest BCUT2D eigenvalue weighted by molar-refractivity contribution is 0.123. The largest absolute Gasteiger partial charge is 0.360 e. The number of nitrogens with zero attached hydrogens (tertiary/aromatic N) is 2.